The third kappa shape index (κ3) is 3.97. The second-order valence-corrected chi connectivity index (χ2v) is 5.14. The number of carbonyl (C=O) groups excluding carboxylic acids is 1. The number of hydrogen-bond donors (Lipinski definition) is 1. The minimum absolute atomic E-state index is 0.112. The molecule has 6 heteroatoms. The van der Waals surface area contributed by atoms with Gasteiger partial charge in [-0.3, -0.25) is 4.79 Å². The summed E-state index contributed by atoms with van der Waals surface area (Å²) >= 11 is 0. The van der Waals surface area contributed by atoms with Crippen molar-refractivity contribution in [3.63, 3.8) is 0 Å². The number of aryl methyl sites for hydroxylation is 1. The van der Waals surface area contributed by atoms with Crippen LogP contribution in [0.25, 0.3) is 5.69 Å². The first-order chi connectivity index (χ1) is 11.1. The summed E-state index contributed by atoms with van der Waals surface area (Å²) < 4.78 is 6.25. The minimum Gasteiger partial charge on any atom is -0.461 e. The van der Waals surface area contributed by atoms with E-state index in [4.69, 9.17) is 4.74 Å². The average molecular weight is 315 g/mol. The molecule has 2 aromatic rings. The number of ether oxygens (including phenoxy) is 1. The summed E-state index contributed by atoms with van der Waals surface area (Å²) in [7, 11) is 0. The number of hydrogen-bond acceptors (Lipinski definition) is 5. The Balaban J connectivity index is 2.52. The molecular formula is C17H21N3O3. The molecule has 0 amide bonds. The Morgan fingerprint density at radius 1 is 1.26 bits per heavy atom. The molecular weight excluding hydrogens is 294 g/mol. The maximum Gasteiger partial charge on any atom is 0.360 e. The predicted octanol–water partition coefficient (Wildman–Crippen LogP) is 2.54. The number of nitrogens with zero attached hydrogens (tertiary/aromatic N) is 2. The summed E-state index contributed by atoms with van der Waals surface area (Å²) in [4.78, 5) is 24.5. The fourth-order valence-electron chi connectivity index (χ4n) is 2.07. The Hall–Kier alpha value is -2.63. The van der Waals surface area contributed by atoms with Crippen molar-refractivity contribution < 1.29 is 9.53 Å². The largest absolute Gasteiger partial charge is 0.461 e. The topological polar surface area (TPSA) is 73.2 Å². The molecule has 0 spiro atoms. The van der Waals surface area contributed by atoms with Gasteiger partial charge in [0, 0.05) is 12.6 Å². The van der Waals surface area contributed by atoms with Gasteiger partial charge in [-0.2, -0.15) is 9.78 Å². The molecule has 23 heavy (non-hydrogen) atoms. The van der Waals surface area contributed by atoms with E-state index in [1.165, 1.54) is 10.7 Å². The summed E-state index contributed by atoms with van der Waals surface area (Å²) in [6, 6.07) is 8.73. The van der Waals surface area contributed by atoms with Gasteiger partial charge in [-0.25, -0.2) is 4.79 Å². The summed E-state index contributed by atoms with van der Waals surface area (Å²) in [6.45, 7) is 6.58. The molecule has 1 aromatic heterocycles. The molecule has 0 bridgehead atoms. The maximum absolute atomic E-state index is 12.3. The van der Waals surface area contributed by atoms with E-state index in [-0.39, 0.29) is 17.9 Å². The lowest BCUT2D eigenvalue weighted by atomic mass is 10.2. The summed E-state index contributed by atoms with van der Waals surface area (Å²) in [5, 5.41) is 7.26. The summed E-state index contributed by atoms with van der Waals surface area (Å²) in [5.41, 5.74) is 1.89. The highest BCUT2D eigenvalue weighted by molar-refractivity contribution is 5.93. The van der Waals surface area contributed by atoms with Crippen molar-refractivity contribution in [1.29, 1.82) is 0 Å². The van der Waals surface area contributed by atoms with Crippen molar-refractivity contribution in [2.75, 3.05) is 18.5 Å². The monoisotopic (exact) mass is 315 g/mol. The van der Waals surface area contributed by atoms with Crippen molar-refractivity contribution in [2.45, 2.75) is 27.2 Å². The van der Waals surface area contributed by atoms with Gasteiger partial charge in [-0.1, -0.05) is 24.6 Å². The Bertz CT molecular complexity index is 736. The van der Waals surface area contributed by atoms with Crippen LogP contribution in [0.4, 0.5) is 5.69 Å². The van der Waals surface area contributed by atoms with E-state index in [0.29, 0.717) is 17.9 Å². The van der Waals surface area contributed by atoms with Crippen LogP contribution in [0.5, 0.6) is 0 Å². The van der Waals surface area contributed by atoms with Crippen molar-refractivity contribution >= 4 is 11.7 Å². The maximum atomic E-state index is 12.3. The van der Waals surface area contributed by atoms with Crippen molar-refractivity contribution in [3.8, 4) is 5.69 Å². The molecule has 6 nitrogen and oxygen atoms in total. The van der Waals surface area contributed by atoms with Gasteiger partial charge in [-0.15, -0.1) is 0 Å². The van der Waals surface area contributed by atoms with E-state index in [2.05, 4.69) is 10.4 Å². The van der Waals surface area contributed by atoms with Crippen LogP contribution in [-0.2, 0) is 4.74 Å². The Labute approximate surface area is 135 Å². The molecule has 0 saturated carbocycles. The first-order valence-corrected chi connectivity index (χ1v) is 7.69. The van der Waals surface area contributed by atoms with E-state index in [0.717, 1.165) is 12.0 Å². The molecule has 2 rings (SSSR count). The summed E-state index contributed by atoms with van der Waals surface area (Å²) in [5.74, 6) is -0.549. The van der Waals surface area contributed by atoms with Gasteiger partial charge in [0.25, 0.3) is 5.56 Å². The smallest absolute Gasteiger partial charge is 0.360 e. The molecule has 0 fully saturated rings. The van der Waals surface area contributed by atoms with Crippen LogP contribution in [0.15, 0.2) is 35.1 Å². The molecule has 0 saturated heterocycles. The molecule has 0 aliphatic heterocycles. The lowest BCUT2D eigenvalue weighted by Crippen LogP contribution is -2.26. The fourth-order valence-corrected chi connectivity index (χ4v) is 2.07. The van der Waals surface area contributed by atoms with Crippen LogP contribution in [0.2, 0.25) is 0 Å². The zero-order chi connectivity index (χ0) is 16.8. The van der Waals surface area contributed by atoms with Crippen LogP contribution >= 0.6 is 0 Å². The highest BCUT2D eigenvalue weighted by atomic mass is 16.5. The molecule has 1 N–H and O–H groups in total. The van der Waals surface area contributed by atoms with Crippen LogP contribution in [-0.4, -0.2) is 28.9 Å². The number of esters is 1. The molecule has 0 atom stereocenters. The summed E-state index contributed by atoms with van der Waals surface area (Å²) in [6.07, 6.45) is 0.864. The van der Waals surface area contributed by atoms with Gasteiger partial charge in [0.2, 0.25) is 0 Å². The standard InChI is InChI=1S/C17H21N3O3/c1-4-10-18-14-11-15(21)20(13-8-6-12(3)7-9-13)19-16(14)17(22)23-5-2/h6-9,11,18H,4-5,10H2,1-3H3. The van der Waals surface area contributed by atoms with E-state index in [1.807, 2.05) is 26.0 Å². The lowest BCUT2D eigenvalue weighted by molar-refractivity contribution is 0.0518. The number of benzene rings is 1. The van der Waals surface area contributed by atoms with Gasteiger partial charge in [-0.05, 0) is 32.4 Å². The number of anilines is 1. The third-order valence-electron chi connectivity index (χ3n) is 3.24. The second kappa shape index (κ2) is 7.58. The number of rotatable bonds is 6. The lowest BCUT2D eigenvalue weighted by Gasteiger charge is -2.12. The molecule has 0 unspecified atom stereocenters. The highest BCUT2D eigenvalue weighted by Gasteiger charge is 2.18. The SMILES string of the molecule is CCCNc1cc(=O)n(-c2ccc(C)cc2)nc1C(=O)OCC. The van der Waals surface area contributed by atoms with E-state index >= 15 is 0 Å². The Morgan fingerprint density at radius 2 is 1.96 bits per heavy atom. The second-order valence-electron chi connectivity index (χ2n) is 5.14. The van der Waals surface area contributed by atoms with Crippen molar-refractivity contribution in [2.24, 2.45) is 0 Å². The molecule has 0 aliphatic rings. The number of aromatic nitrogens is 2. The van der Waals surface area contributed by atoms with Crippen LogP contribution < -0.4 is 10.9 Å². The van der Waals surface area contributed by atoms with Gasteiger partial charge in [0.1, 0.15) is 0 Å². The van der Waals surface area contributed by atoms with Crippen molar-refractivity contribution in [3.05, 3.63) is 51.9 Å². The van der Waals surface area contributed by atoms with Gasteiger partial charge in [0.05, 0.1) is 18.0 Å². The highest BCUT2D eigenvalue weighted by Crippen LogP contribution is 2.14. The minimum atomic E-state index is -0.549. The molecule has 122 valence electrons. The average Bonchev–Trinajstić information content (AvgIpc) is 2.54. The van der Waals surface area contributed by atoms with Gasteiger partial charge in [0.15, 0.2) is 5.69 Å². The molecule has 0 radical (unpaired) electrons. The number of carbonyl (C=O) groups is 1. The molecule has 0 aliphatic carbocycles. The van der Waals surface area contributed by atoms with E-state index in [9.17, 15) is 9.59 Å². The third-order valence-corrected chi connectivity index (χ3v) is 3.24. The molecule has 1 aromatic carbocycles. The fraction of sp³-hybridized carbons (Fsp3) is 0.353. The van der Waals surface area contributed by atoms with Gasteiger partial charge >= 0.3 is 5.97 Å². The van der Waals surface area contributed by atoms with Gasteiger partial charge < -0.3 is 10.1 Å². The Morgan fingerprint density at radius 3 is 2.57 bits per heavy atom. The first kappa shape index (κ1) is 16.7. The van der Waals surface area contributed by atoms with Crippen LogP contribution in [0.1, 0.15) is 36.3 Å². The first-order valence-electron chi connectivity index (χ1n) is 7.69. The van der Waals surface area contributed by atoms with Crippen molar-refractivity contribution in [1.82, 2.24) is 9.78 Å². The normalized spacial score (nSPS) is 10.4. The van der Waals surface area contributed by atoms with Crippen LogP contribution in [0.3, 0.4) is 0 Å². The molecule has 1 heterocycles. The van der Waals surface area contributed by atoms with Crippen LogP contribution in [0, 0.1) is 6.92 Å². The quantitative estimate of drug-likeness (QED) is 0.829. The zero-order valence-electron chi connectivity index (χ0n) is 13.6. The predicted molar refractivity (Wildman–Crippen MR) is 89.3 cm³/mol. The number of nitrogens with one attached hydrogen (secondary N) is 1. The van der Waals surface area contributed by atoms with E-state index in [1.54, 1.807) is 19.1 Å². The zero-order valence-corrected chi connectivity index (χ0v) is 13.6. The Kier molecular flexibility index (Phi) is 5.51. The van der Waals surface area contributed by atoms with E-state index < -0.39 is 5.97 Å².